The highest BCUT2D eigenvalue weighted by molar-refractivity contribution is 6.41. The predicted molar refractivity (Wildman–Crippen MR) is 79.6 cm³/mol. The van der Waals surface area contributed by atoms with E-state index in [-0.39, 0.29) is 6.04 Å². The van der Waals surface area contributed by atoms with Gasteiger partial charge in [-0.3, -0.25) is 9.59 Å². The highest BCUT2D eigenvalue weighted by Gasteiger charge is 2.25. The molecule has 2 atom stereocenters. The minimum atomic E-state index is -0.670. The molecule has 20 heavy (non-hydrogen) atoms. The molecule has 0 aliphatic heterocycles. The number of rotatable bonds is 2. The van der Waals surface area contributed by atoms with E-state index >= 15 is 0 Å². The van der Waals surface area contributed by atoms with Crippen LogP contribution in [0.15, 0.2) is 24.3 Å². The summed E-state index contributed by atoms with van der Waals surface area (Å²) < 4.78 is 0. The number of para-hydroxylation sites is 1. The van der Waals surface area contributed by atoms with Crippen molar-refractivity contribution in [3.05, 3.63) is 29.3 Å². The lowest BCUT2D eigenvalue weighted by Gasteiger charge is -2.29. The second-order valence-corrected chi connectivity index (χ2v) is 5.68. The number of hydrogen-bond donors (Lipinski definition) is 2. The number of amides is 2. The average molecular weight is 295 g/mol. The van der Waals surface area contributed by atoms with Crippen molar-refractivity contribution >= 4 is 29.1 Å². The lowest BCUT2D eigenvalue weighted by Crippen LogP contribution is -2.45. The largest absolute Gasteiger partial charge is 0.345 e. The van der Waals surface area contributed by atoms with Crippen molar-refractivity contribution in [3.8, 4) is 0 Å². The Bertz CT molecular complexity index is 504. The second-order valence-electron chi connectivity index (χ2n) is 5.28. The van der Waals surface area contributed by atoms with E-state index < -0.39 is 11.8 Å². The van der Waals surface area contributed by atoms with Gasteiger partial charge in [0.25, 0.3) is 0 Å². The molecule has 0 saturated heterocycles. The third kappa shape index (κ3) is 3.73. The Balaban J connectivity index is 1.92. The molecule has 0 radical (unpaired) electrons. The van der Waals surface area contributed by atoms with Gasteiger partial charge in [-0.15, -0.1) is 0 Å². The van der Waals surface area contributed by atoms with Crippen LogP contribution in [0, 0.1) is 5.92 Å². The van der Waals surface area contributed by atoms with Crippen LogP contribution >= 0.6 is 11.6 Å². The molecule has 0 aromatic heterocycles. The highest BCUT2D eigenvalue weighted by atomic mass is 35.5. The molecule has 1 aliphatic carbocycles. The Labute approximate surface area is 123 Å². The number of hydrogen-bond acceptors (Lipinski definition) is 2. The van der Waals surface area contributed by atoms with Gasteiger partial charge in [-0.05, 0) is 30.9 Å². The van der Waals surface area contributed by atoms with Crippen LogP contribution in [-0.4, -0.2) is 17.9 Å². The summed E-state index contributed by atoms with van der Waals surface area (Å²) in [5.41, 5.74) is 0.450. The maximum absolute atomic E-state index is 11.9. The summed E-state index contributed by atoms with van der Waals surface area (Å²) in [6, 6.07) is 6.94. The molecule has 2 unspecified atom stereocenters. The number of carbonyl (C=O) groups is 2. The van der Waals surface area contributed by atoms with Gasteiger partial charge in [-0.2, -0.15) is 0 Å². The van der Waals surface area contributed by atoms with Gasteiger partial charge in [-0.1, -0.05) is 43.5 Å². The minimum absolute atomic E-state index is 0.0910. The zero-order valence-electron chi connectivity index (χ0n) is 11.5. The number of nitrogens with one attached hydrogen (secondary N) is 2. The van der Waals surface area contributed by atoms with Crippen molar-refractivity contribution in [1.29, 1.82) is 0 Å². The fraction of sp³-hybridized carbons (Fsp3) is 0.467. The van der Waals surface area contributed by atoms with Crippen molar-refractivity contribution in [2.24, 2.45) is 5.92 Å². The molecule has 1 fully saturated rings. The summed E-state index contributed by atoms with van der Waals surface area (Å²) in [6.07, 6.45) is 4.32. The number of anilines is 1. The first-order valence-corrected chi connectivity index (χ1v) is 7.32. The summed E-state index contributed by atoms with van der Waals surface area (Å²) in [7, 11) is 0. The fourth-order valence-corrected chi connectivity index (χ4v) is 2.69. The molecule has 1 aromatic carbocycles. The van der Waals surface area contributed by atoms with Crippen LogP contribution in [0.2, 0.25) is 5.02 Å². The molecule has 0 heterocycles. The van der Waals surface area contributed by atoms with Gasteiger partial charge in [0.15, 0.2) is 0 Å². The van der Waals surface area contributed by atoms with Crippen LogP contribution in [0.25, 0.3) is 0 Å². The quantitative estimate of drug-likeness (QED) is 0.824. The van der Waals surface area contributed by atoms with E-state index in [1.54, 1.807) is 24.3 Å². The van der Waals surface area contributed by atoms with Gasteiger partial charge in [0, 0.05) is 6.04 Å². The fourth-order valence-electron chi connectivity index (χ4n) is 2.51. The number of halogens is 1. The molecule has 1 saturated carbocycles. The first-order chi connectivity index (χ1) is 9.58. The Morgan fingerprint density at radius 2 is 1.85 bits per heavy atom. The van der Waals surface area contributed by atoms with Crippen LogP contribution in [0.4, 0.5) is 5.69 Å². The molecule has 1 aromatic rings. The summed E-state index contributed by atoms with van der Waals surface area (Å²) in [6.45, 7) is 2.11. The lowest BCUT2D eigenvalue weighted by molar-refractivity contribution is -0.137. The number of carbonyl (C=O) groups excluding carboxylic acids is 2. The molecule has 0 spiro atoms. The molecule has 4 nitrogen and oxygen atoms in total. The van der Waals surface area contributed by atoms with Crippen molar-refractivity contribution in [2.45, 2.75) is 38.6 Å². The Morgan fingerprint density at radius 3 is 2.55 bits per heavy atom. The molecule has 2 rings (SSSR count). The summed E-state index contributed by atoms with van der Waals surface area (Å²) in [5, 5.41) is 5.76. The van der Waals surface area contributed by atoms with Crippen molar-refractivity contribution < 1.29 is 9.59 Å². The van der Waals surface area contributed by atoms with Crippen molar-refractivity contribution in [2.75, 3.05) is 5.32 Å². The first kappa shape index (κ1) is 14.9. The maximum Gasteiger partial charge on any atom is 0.313 e. The molecule has 1 aliphatic rings. The molecule has 5 heteroatoms. The predicted octanol–water partition coefficient (Wildman–Crippen LogP) is 2.97. The van der Waals surface area contributed by atoms with Gasteiger partial charge < -0.3 is 10.6 Å². The van der Waals surface area contributed by atoms with E-state index in [4.69, 9.17) is 11.6 Å². The summed E-state index contributed by atoms with van der Waals surface area (Å²) >= 11 is 5.94. The Kier molecular flexibility index (Phi) is 5.01. The molecule has 2 amide bonds. The smallest absolute Gasteiger partial charge is 0.313 e. The van der Waals surface area contributed by atoms with E-state index in [1.165, 1.54) is 6.42 Å². The third-order valence-corrected chi connectivity index (χ3v) is 4.09. The minimum Gasteiger partial charge on any atom is -0.345 e. The monoisotopic (exact) mass is 294 g/mol. The van der Waals surface area contributed by atoms with Gasteiger partial charge in [0.2, 0.25) is 0 Å². The third-order valence-electron chi connectivity index (χ3n) is 3.76. The average Bonchev–Trinajstić information content (AvgIpc) is 2.43. The first-order valence-electron chi connectivity index (χ1n) is 6.94. The van der Waals surface area contributed by atoms with Crippen molar-refractivity contribution in [3.63, 3.8) is 0 Å². The standard InChI is InChI=1S/C15H19ClN2O2/c1-10-6-2-4-8-12(10)17-14(19)15(20)18-13-9-5-3-7-11(13)16/h3,5,7,9-10,12H,2,4,6,8H2,1H3,(H,17,19)(H,18,20). The van der Waals surface area contributed by atoms with E-state index in [1.807, 2.05) is 0 Å². The van der Waals surface area contributed by atoms with Gasteiger partial charge in [-0.25, -0.2) is 0 Å². The molecule has 108 valence electrons. The van der Waals surface area contributed by atoms with E-state index in [0.29, 0.717) is 16.6 Å². The van der Waals surface area contributed by atoms with E-state index in [0.717, 1.165) is 19.3 Å². The molecule has 0 bridgehead atoms. The van der Waals surface area contributed by atoms with Gasteiger partial charge in [0.1, 0.15) is 0 Å². The van der Waals surface area contributed by atoms with Gasteiger partial charge >= 0.3 is 11.8 Å². The normalized spacial score (nSPS) is 22.1. The van der Waals surface area contributed by atoms with Crippen LogP contribution in [-0.2, 0) is 9.59 Å². The zero-order chi connectivity index (χ0) is 14.5. The summed E-state index contributed by atoms with van der Waals surface area (Å²) in [5.74, 6) is -0.847. The highest BCUT2D eigenvalue weighted by Crippen LogP contribution is 2.24. The van der Waals surface area contributed by atoms with Crippen LogP contribution in [0.1, 0.15) is 32.6 Å². The van der Waals surface area contributed by atoms with E-state index in [2.05, 4.69) is 17.6 Å². The Morgan fingerprint density at radius 1 is 1.15 bits per heavy atom. The maximum atomic E-state index is 11.9. The molecular weight excluding hydrogens is 276 g/mol. The van der Waals surface area contributed by atoms with Gasteiger partial charge in [0.05, 0.1) is 10.7 Å². The Hall–Kier alpha value is -1.55. The second kappa shape index (κ2) is 6.75. The van der Waals surface area contributed by atoms with Crippen molar-refractivity contribution in [1.82, 2.24) is 5.32 Å². The van der Waals surface area contributed by atoms with E-state index in [9.17, 15) is 9.59 Å². The summed E-state index contributed by atoms with van der Waals surface area (Å²) in [4.78, 5) is 23.8. The van der Waals surface area contributed by atoms with Crippen LogP contribution < -0.4 is 10.6 Å². The lowest BCUT2D eigenvalue weighted by atomic mass is 9.86. The molecular formula is C15H19ClN2O2. The van der Waals surface area contributed by atoms with Crippen LogP contribution in [0.5, 0.6) is 0 Å². The number of benzene rings is 1. The van der Waals surface area contributed by atoms with Crippen LogP contribution in [0.3, 0.4) is 0 Å². The SMILES string of the molecule is CC1CCCCC1NC(=O)C(=O)Nc1ccccc1Cl. The zero-order valence-corrected chi connectivity index (χ0v) is 12.2. The topological polar surface area (TPSA) is 58.2 Å². The molecule has 2 N–H and O–H groups in total.